The molecule has 0 aliphatic heterocycles. The predicted octanol–water partition coefficient (Wildman–Crippen LogP) is 0.365. The molecule has 0 saturated carbocycles. The molecule has 0 atom stereocenters. The van der Waals surface area contributed by atoms with Gasteiger partial charge < -0.3 is 5.11 Å². The number of hydrogen-bond acceptors (Lipinski definition) is 3. The van der Waals surface area contributed by atoms with Gasteiger partial charge >= 0.3 is 5.97 Å². The van der Waals surface area contributed by atoms with Crippen molar-refractivity contribution < 1.29 is 14.9 Å². The van der Waals surface area contributed by atoms with E-state index in [1.54, 1.807) is 6.92 Å². The molecular weight excluding hydrogens is 164 g/mol. The van der Waals surface area contributed by atoms with Crippen LogP contribution in [0.5, 0.6) is 0 Å². The molecule has 6 nitrogen and oxygen atoms in total. The van der Waals surface area contributed by atoms with Crippen molar-refractivity contribution >= 4 is 5.97 Å². The molecule has 0 rings (SSSR count). The molecule has 0 fully saturated rings. The zero-order valence-electron chi connectivity index (χ0n) is 6.89. The van der Waals surface area contributed by atoms with Crippen LogP contribution in [0.3, 0.4) is 0 Å². The van der Waals surface area contributed by atoms with Crippen molar-refractivity contribution in [2.75, 3.05) is 13.1 Å². The Morgan fingerprint density at radius 3 is 2.50 bits per heavy atom. The van der Waals surface area contributed by atoms with E-state index in [-0.39, 0.29) is 13.0 Å². The third kappa shape index (κ3) is 4.48. The van der Waals surface area contributed by atoms with E-state index in [0.717, 1.165) is 5.01 Å². The van der Waals surface area contributed by atoms with Crippen molar-refractivity contribution in [2.24, 2.45) is 0 Å². The van der Waals surface area contributed by atoms with Crippen LogP contribution in [-0.4, -0.2) is 34.2 Å². The van der Waals surface area contributed by atoms with Gasteiger partial charge in [0.15, 0.2) is 5.03 Å². The Morgan fingerprint density at radius 2 is 2.17 bits per heavy atom. The smallest absolute Gasteiger partial charge is 0.305 e. The quantitative estimate of drug-likeness (QED) is 0.466. The van der Waals surface area contributed by atoms with Gasteiger partial charge in [-0.05, 0) is 6.42 Å². The van der Waals surface area contributed by atoms with E-state index >= 15 is 0 Å². The van der Waals surface area contributed by atoms with Crippen molar-refractivity contribution in [1.29, 1.82) is 0 Å². The van der Waals surface area contributed by atoms with Crippen molar-refractivity contribution in [3.8, 4) is 0 Å². The van der Waals surface area contributed by atoms with Crippen LogP contribution in [0.4, 0.5) is 0 Å². The van der Waals surface area contributed by atoms with E-state index in [1.165, 1.54) is 0 Å². The minimum Gasteiger partial charge on any atom is -0.481 e. The molecule has 0 radical (unpaired) electrons. The molecule has 0 aliphatic rings. The molecular formula is C6H12N2O4. The summed E-state index contributed by atoms with van der Waals surface area (Å²) in [4.78, 5) is 20.3. The second-order valence-corrected chi connectivity index (χ2v) is 2.34. The molecule has 0 aromatic carbocycles. The average molecular weight is 176 g/mol. The highest BCUT2D eigenvalue weighted by atomic mass is 16.7. The van der Waals surface area contributed by atoms with Crippen LogP contribution in [0, 0.1) is 10.1 Å². The van der Waals surface area contributed by atoms with Gasteiger partial charge in [0.25, 0.3) is 0 Å². The molecule has 1 N–H and O–H groups in total. The Kier molecular flexibility index (Phi) is 4.75. The first-order valence-electron chi connectivity index (χ1n) is 3.69. The summed E-state index contributed by atoms with van der Waals surface area (Å²) in [5.74, 6) is -1.02. The lowest BCUT2D eigenvalue weighted by atomic mass is 10.4. The molecule has 12 heavy (non-hydrogen) atoms. The summed E-state index contributed by atoms with van der Waals surface area (Å²) in [6, 6.07) is 0. The average Bonchev–Trinajstić information content (AvgIpc) is 1.96. The van der Waals surface area contributed by atoms with Gasteiger partial charge in [0, 0.05) is 0 Å². The first-order chi connectivity index (χ1) is 5.57. The molecule has 0 bridgehead atoms. The molecule has 0 heterocycles. The highest BCUT2D eigenvalue weighted by Crippen LogP contribution is 1.93. The third-order valence-electron chi connectivity index (χ3n) is 1.30. The maximum absolute atomic E-state index is 10.2. The molecule has 70 valence electrons. The van der Waals surface area contributed by atoms with E-state index < -0.39 is 11.0 Å². The molecule has 0 aromatic rings. The Balaban J connectivity index is 3.79. The van der Waals surface area contributed by atoms with Gasteiger partial charge in [-0.1, -0.05) is 6.92 Å². The lowest BCUT2D eigenvalue weighted by Crippen LogP contribution is -2.32. The molecule has 0 spiro atoms. The highest BCUT2D eigenvalue weighted by molar-refractivity contribution is 5.66. The van der Waals surface area contributed by atoms with Gasteiger partial charge in [0.2, 0.25) is 0 Å². The topological polar surface area (TPSA) is 83.7 Å². The van der Waals surface area contributed by atoms with E-state index in [4.69, 9.17) is 5.11 Å². The van der Waals surface area contributed by atoms with Crippen LogP contribution in [0.15, 0.2) is 0 Å². The number of rotatable bonds is 6. The standard InChI is InChI=1S/C6H12N2O4/c1-2-4-7(8(11)12)5-3-6(9)10/h2-5H2,1H3,(H,9,10). The van der Waals surface area contributed by atoms with Crippen molar-refractivity contribution in [1.82, 2.24) is 5.01 Å². The zero-order valence-corrected chi connectivity index (χ0v) is 6.89. The summed E-state index contributed by atoms with van der Waals surface area (Å²) in [6.07, 6.45) is 0.446. The fraction of sp³-hybridized carbons (Fsp3) is 0.833. The van der Waals surface area contributed by atoms with E-state index in [0.29, 0.717) is 13.0 Å². The molecule has 6 heteroatoms. The molecule has 0 saturated heterocycles. The Bertz CT molecular complexity index is 171. The van der Waals surface area contributed by atoms with Crippen molar-refractivity contribution in [3.05, 3.63) is 10.1 Å². The van der Waals surface area contributed by atoms with Crippen LogP contribution in [0.2, 0.25) is 0 Å². The highest BCUT2D eigenvalue weighted by Gasteiger charge is 2.13. The van der Waals surface area contributed by atoms with Gasteiger partial charge in [-0.3, -0.25) is 4.79 Å². The van der Waals surface area contributed by atoms with Gasteiger partial charge in [-0.15, -0.1) is 5.01 Å². The Hall–Kier alpha value is -1.33. The van der Waals surface area contributed by atoms with E-state index in [2.05, 4.69) is 0 Å². The monoisotopic (exact) mass is 176 g/mol. The van der Waals surface area contributed by atoms with E-state index in [1.807, 2.05) is 0 Å². The number of hydrazine groups is 1. The number of hydrogen-bond donors (Lipinski definition) is 1. The van der Waals surface area contributed by atoms with Gasteiger partial charge in [0.1, 0.15) is 0 Å². The van der Waals surface area contributed by atoms with Crippen LogP contribution >= 0.6 is 0 Å². The number of carboxylic acids is 1. The fourth-order valence-electron chi connectivity index (χ4n) is 0.758. The lowest BCUT2D eigenvalue weighted by molar-refractivity contribution is -0.655. The van der Waals surface area contributed by atoms with Crippen molar-refractivity contribution in [2.45, 2.75) is 19.8 Å². The summed E-state index contributed by atoms with van der Waals surface area (Å²) in [5, 5.41) is 18.9. The number of carboxylic acid groups (broad SMARTS) is 1. The fourth-order valence-corrected chi connectivity index (χ4v) is 0.758. The Morgan fingerprint density at radius 1 is 1.58 bits per heavy atom. The predicted molar refractivity (Wildman–Crippen MR) is 41.1 cm³/mol. The largest absolute Gasteiger partial charge is 0.481 e. The number of aliphatic carboxylic acids is 1. The molecule has 0 unspecified atom stereocenters. The van der Waals surface area contributed by atoms with Crippen LogP contribution in [-0.2, 0) is 4.79 Å². The summed E-state index contributed by atoms with van der Waals surface area (Å²) >= 11 is 0. The molecule has 0 aromatic heterocycles. The summed E-state index contributed by atoms with van der Waals surface area (Å²) in [6.45, 7) is 2.06. The summed E-state index contributed by atoms with van der Waals surface area (Å²) in [7, 11) is 0. The van der Waals surface area contributed by atoms with E-state index in [9.17, 15) is 14.9 Å². The second-order valence-electron chi connectivity index (χ2n) is 2.34. The SMILES string of the molecule is CCCN(CCC(=O)O)[N+](=O)[O-]. The molecule has 0 amide bonds. The molecule has 0 aliphatic carbocycles. The van der Waals surface area contributed by atoms with Gasteiger partial charge in [-0.25, -0.2) is 10.1 Å². The lowest BCUT2D eigenvalue weighted by Gasteiger charge is -2.10. The normalized spacial score (nSPS) is 9.42. The zero-order chi connectivity index (χ0) is 9.56. The minimum absolute atomic E-state index is 0.0316. The van der Waals surface area contributed by atoms with Crippen molar-refractivity contribution in [3.63, 3.8) is 0 Å². The summed E-state index contributed by atoms with van der Waals surface area (Å²) in [5.41, 5.74) is 0. The number of carbonyl (C=O) groups is 1. The van der Waals surface area contributed by atoms with Gasteiger partial charge in [-0.2, -0.15) is 0 Å². The first-order valence-corrected chi connectivity index (χ1v) is 3.69. The number of nitrogens with zero attached hydrogens (tertiary/aromatic N) is 2. The first kappa shape index (κ1) is 10.7. The third-order valence-corrected chi connectivity index (χ3v) is 1.30. The van der Waals surface area contributed by atoms with Gasteiger partial charge in [0.05, 0.1) is 19.5 Å². The second kappa shape index (κ2) is 5.34. The maximum Gasteiger partial charge on any atom is 0.305 e. The number of nitro groups is 1. The Labute approximate surface area is 69.9 Å². The van der Waals surface area contributed by atoms with Crippen LogP contribution in [0.1, 0.15) is 19.8 Å². The van der Waals surface area contributed by atoms with Crippen LogP contribution < -0.4 is 0 Å². The minimum atomic E-state index is -1.02. The van der Waals surface area contributed by atoms with Crippen LogP contribution in [0.25, 0.3) is 0 Å². The summed E-state index contributed by atoms with van der Waals surface area (Å²) < 4.78 is 0. The maximum atomic E-state index is 10.2.